The van der Waals surface area contributed by atoms with E-state index < -0.39 is 29.8 Å². The van der Waals surface area contributed by atoms with Crippen LogP contribution in [0.25, 0.3) is 10.9 Å². The first kappa shape index (κ1) is 21.9. The average molecular weight is 478 g/mol. The molecular formula is C22H15Cl2F2N3O3. The summed E-state index contributed by atoms with van der Waals surface area (Å²) in [4.78, 5) is 26.3. The van der Waals surface area contributed by atoms with Gasteiger partial charge in [0, 0.05) is 5.56 Å². The first-order chi connectivity index (χ1) is 15.3. The topological polar surface area (TPSA) is 65.3 Å². The van der Waals surface area contributed by atoms with Gasteiger partial charge in [-0.15, -0.1) is 0 Å². The Bertz CT molecular complexity index is 1380. The van der Waals surface area contributed by atoms with E-state index >= 15 is 0 Å². The molecule has 0 saturated carbocycles. The highest BCUT2D eigenvalue weighted by Crippen LogP contribution is 2.30. The molecule has 164 valence electrons. The maximum atomic E-state index is 14.4. The third-order valence-electron chi connectivity index (χ3n) is 4.90. The normalized spacial score (nSPS) is 11.0. The van der Waals surface area contributed by atoms with Crippen LogP contribution in [0.1, 0.15) is 5.56 Å². The van der Waals surface area contributed by atoms with Crippen molar-refractivity contribution in [1.82, 2.24) is 9.36 Å². The van der Waals surface area contributed by atoms with E-state index in [-0.39, 0.29) is 32.2 Å². The number of rotatable bonds is 4. The molecule has 3 aromatic carbocycles. The van der Waals surface area contributed by atoms with Crippen molar-refractivity contribution >= 4 is 45.8 Å². The highest BCUT2D eigenvalue weighted by Gasteiger charge is 2.23. The zero-order chi connectivity index (χ0) is 23.0. The summed E-state index contributed by atoms with van der Waals surface area (Å²) in [6, 6.07) is 11.7. The molecule has 1 N–H and O–H groups in total. The van der Waals surface area contributed by atoms with Crippen LogP contribution in [0.15, 0.2) is 59.4 Å². The van der Waals surface area contributed by atoms with Gasteiger partial charge >= 0.3 is 6.03 Å². The number of aromatic nitrogens is 2. The lowest BCUT2D eigenvalue weighted by Crippen LogP contribution is -2.34. The molecule has 6 nitrogen and oxygen atoms in total. The average Bonchev–Trinajstić information content (AvgIpc) is 3.04. The van der Waals surface area contributed by atoms with Gasteiger partial charge in [0.05, 0.1) is 40.3 Å². The minimum atomic E-state index is -0.906. The second-order valence-corrected chi connectivity index (χ2v) is 7.60. The lowest BCUT2D eigenvalue weighted by molar-refractivity contribution is 0.246. The number of carbonyl (C=O) groups excluding carboxylic acids is 1. The molecule has 0 unspecified atom stereocenters. The Hall–Kier alpha value is -3.36. The van der Waals surface area contributed by atoms with E-state index in [9.17, 15) is 18.4 Å². The molecule has 0 fully saturated rings. The molecule has 1 aromatic heterocycles. The van der Waals surface area contributed by atoms with E-state index in [2.05, 4.69) is 5.32 Å². The molecule has 4 rings (SSSR count). The molecule has 0 saturated heterocycles. The number of methoxy groups -OCH3 is 1. The van der Waals surface area contributed by atoms with Crippen molar-refractivity contribution in [3.05, 3.63) is 92.2 Å². The zero-order valence-electron chi connectivity index (χ0n) is 16.5. The first-order valence-corrected chi connectivity index (χ1v) is 10.0. The molecule has 0 atom stereocenters. The summed E-state index contributed by atoms with van der Waals surface area (Å²) >= 11 is 12.2. The van der Waals surface area contributed by atoms with Crippen LogP contribution in [-0.4, -0.2) is 22.5 Å². The van der Waals surface area contributed by atoms with Gasteiger partial charge in [-0.2, -0.15) is 4.68 Å². The van der Waals surface area contributed by atoms with Crippen LogP contribution in [0.3, 0.4) is 0 Å². The Balaban J connectivity index is 1.90. The molecule has 10 heteroatoms. The van der Waals surface area contributed by atoms with Crippen molar-refractivity contribution < 1.29 is 18.3 Å². The fourth-order valence-corrected chi connectivity index (χ4v) is 3.83. The van der Waals surface area contributed by atoms with E-state index in [0.717, 1.165) is 16.8 Å². The monoisotopic (exact) mass is 477 g/mol. The van der Waals surface area contributed by atoms with Crippen LogP contribution in [0.5, 0.6) is 5.75 Å². The summed E-state index contributed by atoms with van der Waals surface area (Å²) < 4.78 is 35.8. The predicted octanol–water partition coefficient (Wildman–Crippen LogP) is 5.53. The molecule has 1 amide bonds. The van der Waals surface area contributed by atoms with Crippen LogP contribution < -0.4 is 15.6 Å². The summed E-state index contributed by atoms with van der Waals surface area (Å²) in [5.41, 5.74) is -0.646. The predicted molar refractivity (Wildman–Crippen MR) is 119 cm³/mol. The number of para-hydroxylation sites is 1. The van der Waals surface area contributed by atoms with Crippen molar-refractivity contribution in [2.45, 2.75) is 6.54 Å². The third kappa shape index (κ3) is 3.83. The van der Waals surface area contributed by atoms with E-state index in [1.165, 1.54) is 42.1 Å². The summed E-state index contributed by atoms with van der Waals surface area (Å²) in [5.74, 6) is -1.24. The molecule has 0 aliphatic heterocycles. The van der Waals surface area contributed by atoms with Gasteiger partial charge in [-0.05, 0) is 42.5 Å². The van der Waals surface area contributed by atoms with Crippen molar-refractivity contribution in [3.63, 3.8) is 0 Å². The van der Waals surface area contributed by atoms with Gasteiger partial charge in [0.15, 0.2) is 0 Å². The number of nitrogens with one attached hydrogen (secondary N) is 1. The molecule has 0 bridgehead atoms. The Morgan fingerprint density at radius 1 is 1.03 bits per heavy atom. The lowest BCUT2D eigenvalue weighted by atomic mass is 10.2. The van der Waals surface area contributed by atoms with Crippen LogP contribution in [-0.2, 0) is 6.54 Å². The number of nitrogens with zero attached hydrogens (tertiary/aromatic N) is 2. The van der Waals surface area contributed by atoms with Gasteiger partial charge in [0.25, 0.3) is 5.56 Å². The summed E-state index contributed by atoms with van der Waals surface area (Å²) in [6.45, 7) is -0.423. The maximum Gasteiger partial charge on any atom is 0.348 e. The third-order valence-corrected chi connectivity index (χ3v) is 5.53. The van der Waals surface area contributed by atoms with E-state index in [4.69, 9.17) is 27.9 Å². The van der Waals surface area contributed by atoms with Gasteiger partial charge in [-0.25, -0.2) is 13.6 Å². The number of amides is 1. The Kier molecular flexibility index (Phi) is 5.90. The van der Waals surface area contributed by atoms with Crippen LogP contribution >= 0.6 is 23.2 Å². The number of anilines is 1. The van der Waals surface area contributed by atoms with Gasteiger partial charge in [-0.3, -0.25) is 9.48 Å². The summed E-state index contributed by atoms with van der Waals surface area (Å²) in [5, 5.41) is 2.94. The standard InChI is InChI=1S/C22H15Cl2F2N3O3/c1-32-12-8-9-19-13(10-12)21(30)29(22(31)27-20-15(23)4-2-5-16(20)24)28(19)11-14-17(25)6-3-7-18(14)26/h2-10H,11H2,1H3,(H,27,31). The van der Waals surface area contributed by atoms with Crippen molar-refractivity contribution in [3.8, 4) is 5.75 Å². The van der Waals surface area contributed by atoms with Crippen molar-refractivity contribution in [1.29, 1.82) is 0 Å². The summed E-state index contributed by atoms with van der Waals surface area (Å²) in [7, 11) is 1.43. The minimum absolute atomic E-state index is 0.0965. The fourth-order valence-electron chi connectivity index (χ4n) is 3.34. The quantitative estimate of drug-likeness (QED) is 0.420. The van der Waals surface area contributed by atoms with Gasteiger partial charge < -0.3 is 10.1 Å². The Morgan fingerprint density at radius 2 is 1.66 bits per heavy atom. The second-order valence-electron chi connectivity index (χ2n) is 6.78. The first-order valence-electron chi connectivity index (χ1n) is 9.29. The molecule has 32 heavy (non-hydrogen) atoms. The zero-order valence-corrected chi connectivity index (χ0v) is 18.0. The smallest absolute Gasteiger partial charge is 0.348 e. The van der Waals surface area contributed by atoms with Crippen LogP contribution in [0.2, 0.25) is 10.0 Å². The molecule has 0 radical (unpaired) electrons. The van der Waals surface area contributed by atoms with Crippen molar-refractivity contribution in [2.75, 3.05) is 12.4 Å². The van der Waals surface area contributed by atoms with Crippen LogP contribution in [0, 0.1) is 11.6 Å². The number of benzene rings is 3. The van der Waals surface area contributed by atoms with E-state index in [1.54, 1.807) is 12.1 Å². The molecule has 0 spiro atoms. The Labute approximate surface area is 190 Å². The van der Waals surface area contributed by atoms with E-state index in [0.29, 0.717) is 5.75 Å². The van der Waals surface area contributed by atoms with Gasteiger partial charge in [0.2, 0.25) is 0 Å². The number of fused-ring (bicyclic) bond motifs is 1. The lowest BCUT2D eigenvalue weighted by Gasteiger charge is -2.15. The second kappa shape index (κ2) is 8.64. The number of halogens is 4. The fraction of sp³-hybridized carbons (Fsp3) is 0.0909. The molecule has 0 aliphatic rings. The van der Waals surface area contributed by atoms with Gasteiger partial charge in [0.1, 0.15) is 17.4 Å². The number of carbonyl (C=O) groups is 1. The van der Waals surface area contributed by atoms with Crippen LogP contribution in [0.4, 0.5) is 19.3 Å². The summed E-state index contributed by atoms with van der Waals surface area (Å²) in [6.07, 6.45) is 0. The minimum Gasteiger partial charge on any atom is -0.497 e. The maximum absolute atomic E-state index is 14.4. The number of hydrogen-bond acceptors (Lipinski definition) is 3. The highest BCUT2D eigenvalue weighted by molar-refractivity contribution is 6.39. The molecule has 0 aliphatic carbocycles. The van der Waals surface area contributed by atoms with E-state index in [1.807, 2.05) is 0 Å². The molecule has 1 heterocycles. The molecule has 4 aromatic rings. The van der Waals surface area contributed by atoms with Gasteiger partial charge in [-0.1, -0.05) is 35.3 Å². The molecular weight excluding hydrogens is 463 g/mol. The largest absolute Gasteiger partial charge is 0.497 e. The highest BCUT2D eigenvalue weighted by atomic mass is 35.5. The Morgan fingerprint density at radius 3 is 2.28 bits per heavy atom. The number of hydrogen-bond donors (Lipinski definition) is 1. The SMILES string of the molecule is COc1ccc2c(c1)c(=O)n(C(=O)Nc1c(Cl)cccc1Cl)n2Cc1c(F)cccc1F. The van der Waals surface area contributed by atoms with Crippen molar-refractivity contribution in [2.24, 2.45) is 0 Å². The number of ether oxygens (including phenoxy) is 1.